The van der Waals surface area contributed by atoms with Crippen LogP contribution in [0.15, 0.2) is 0 Å². The highest BCUT2D eigenvalue weighted by Crippen LogP contribution is 1.99. The van der Waals surface area contributed by atoms with E-state index in [2.05, 4.69) is 31.0 Å². The molecule has 0 amide bonds. The number of rotatable bonds is 5. The van der Waals surface area contributed by atoms with E-state index >= 15 is 0 Å². The Morgan fingerprint density at radius 2 is 1.86 bits per heavy atom. The van der Waals surface area contributed by atoms with Gasteiger partial charge in [0.1, 0.15) is 0 Å². The number of nitrogens with one attached hydrogen (secondary N) is 1. The van der Waals surface area contributed by atoms with E-state index in [0.717, 1.165) is 32.8 Å². The average molecular weight is 200 g/mol. The molecule has 2 atom stereocenters. The van der Waals surface area contributed by atoms with Crippen molar-refractivity contribution in [3.8, 4) is 0 Å². The van der Waals surface area contributed by atoms with Crippen molar-refractivity contribution in [1.82, 2.24) is 10.2 Å². The predicted molar refractivity (Wildman–Crippen MR) is 59.6 cm³/mol. The van der Waals surface area contributed by atoms with Gasteiger partial charge in [-0.1, -0.05) is 6.92 Å². The smallest absolute Gasteiger partial charge is 0.0594 e. The number of morpholine rings is 1. The molecule has 1 fully saturated rings. The molecule has 1 aliphatic heterocycles. The van der Waals surface area contributed by atoms with Crippen LogP contribution in [0.4, 0.5) is 0 Å². The van der Waals surface area contributed by atoms with Gasteiger partial charge in [0.05, 0.1) is 13.2 Å². The van der Waals surface area contributed by atoms with Crippen molar-refractivity contribution in [2.75, 3.05) is 32.8 Å². The molecule has 0 aromatic rings. The van der Waals surface area contributed by atoms with Gasteiger partial charge in [-0.3, -0.25) is 4.90 Å². The maximum absolute atomic E-state index is 5.32. The van der Waals surface area contributed by atoms with E-state index in [0.29, 0.717) is 12.1 Å². The average Bonchev–Trinajstić information content (AvgIpc) is 2.19. The highest BCUT2D eigenvalue weighted by Gasteiger charge is 2.14. The molecule has 1 rings (SSSR count). The van der Waals surface area contributed by atoms with Crippen molar-refractivity contribution in [2.24, 2.45) is 0 Å². The van der Waals surface area contributed by atoms with E-state index in [1.54, 1.807) is 0 Å². The van der Waals surface area contributed by atoms with E-state index in [1.165, 1.54) is 6.42 Å². The van der Waals surface area contributed by atoms with Gasteiger partial charge in [-0.15, -0.1) is 0 Å². The first-order valence-electron chi connectivity index (χ1n) is 5.78. The molecule has 3 heteroatoms. The minimum atomic E-state index is 0.586. The Hall–Kier alpha value is -0.120. The lowest BCUT2D eigenvalue weighted by Gasteiger charge is -2.30. The summed E-state index contributed by atoms with van der Waals surface area (Å²) in [5.74, 6) is 0. The second-order valence-corrected chi connectivity index (χ2v) is 4.29. The van der Waals surface area contributed by atoms with E-state index in [4.69, 9.17) is 4.74 Å². The molecule has 0 saturated carbocycles. The largest absolute Gasteiger partial charge is 0.379 e. The fraction of sp³-hybridized carbons (Fsp3) is 1.00. The molecule has 3 nitrogen and oxygen atoms in total. The molecular weight excluding hydrogens is 176 g/mol. The van der Waals surface area contributed by atoms with Crippen molar-refractivity contribution in [2.45, 2.75) is 39.3 Å². The molecule has 1 N–H and O–H groups in total. The minimum absolute atomic E-state index is 0.586. The van der Waals surface area contributed by atoms with Crippen LogP contribution in [0.5, 0.6) is 0 Å². The molecule has 1 aliphatic rings. The molecule has 0 bridgehead atoms. The predicted octanol–water partition coefficient (Wildman–Crippen LogP) is 1.10. The first-order valence-corrected chi connectivity index (χ1v) is 5.78. The molecule has 1 heterocycles. The second-order valence-electron chi connectivity index (χ2n) is 4.29. The number of nitrogens with zero attached hydrogens (tertiary/aromatic N) is 1. The van der Waals surface area contributed by atoms with Crippen LogP contribution in [0, 0.1) is 0 Å². The Kier molecular flexibility index (Phi) is 5.45. The van der Waals surface area contributed by atoms with Gasteiger partial charge in [0, 0.05) is 31.7 Å². The van der Waals surface area contributed by atoms with Crippen LogP contribution < -0.4 is 5.32 Å². The summed E-state index contributed by atoms with van der Waals surface area (Å²) in [5.41, 5.74) is 0. The van der Waals surface area contributed by atoms with Crippen LogP contribution in [0.25, 0.3) is 0 Å². The van der Waals surface area contributed by atoms with Crippen LogP contribution >= 0.6 is 0 Å². The zero-order valence-corrected chi connectivity index (χ0v) is 9.75. The van der Waals surface area contributed by atoms with Crippen LogP contribution in [-0.2, 0) is 4.74 Å². The van der Waals surface area contributed by atoms with E-state index in [9.17, 15) is 0 Å². The summed E-state index contributed by atoms with van der Waals surface area (Å²) in [6.45, 7) is 11.9. The Morgan fingerprint density at radius 1 is 1.21 bits per heavy atom. The van der Waals surface area contributed by atoms with E-state index in [1.807, 2.05) is 0 Å². The highest BCUT2D eigenvalue weighted by atomic mass is 16.5. The van der Waals surface area contributed by atoms with Gasteiger partial charge < -0.3 is 10.1 Å². The van der Waals surface area contributed by atoms with Crippen LogP contribution in [0.3, 0.4) is 0 Å². The normalized spacial score (nSPS) is 23.4. The molecule has 0 radical (unpaired) electrons. The third-order valence-electron chi connectivity index (χ3n) is 2.82. The molecule has 2 unspecified atom stereocenters. The van der Waals surface area contributed by atoms with Gasteiger partial charge in [0.15, 0.2) is 0 Å². The van der Waals surface area contributed by atoms with Crippen molar-refractivity contribution < 1.29 is 4.74 Å². The lowest BCUT2D eigenvalue weighted by Crippen LogP contribution is -2.46. The standard InChI is InChI=1S/C11H24N2O/c1-4-10(2)12-11(3)9-13-5-7-14-8-6-13/h10-12H,4-9H2,1-3H3. The van der Waals surface area contributed by atoms with Crippen LogP contribution in [-0.4, -0.2) is 49.8 Å². The zero-order chi connectivity index (χ0) is 10.4. The van der Waals surface area contributed by atoms with Crippen LogP contribution in [0.1, 0.15) is 27.2 Å². The molecule has 0 aromatic carbocycles. The van der Waals surface area contributed by atoms with Gasteiger partial charge >= 0.3 is 0 Å². The lowest BCUT2D eigenvalue weighted by atomic mass is 10.2. The molecule has 1 saturated heterocycles. The molecule has 0 aliphatic carbocycles. The van der Waals surface area contributed by atoms with Gasteiger partial charge in [-0.05, 0) is 20.3 Å². The number of ether oxygens (including phenoxy) is 1. The highest BCUT2D eigenvalue weighted by molar-refractivity contribution is 4.72. The summed E-state index contributed by atoms with van der Waals surface area (Å²) in [4.78, 5) is 2.48. The summed E-state index contributed by atoms with van der Waals surface area (Å²) in [5, 5.41) is 3.59. The fourth-order valence-electron chi connectivity index (χ4n) is 1.83. The van der Waals surface area contributed by atoms with Crippen molar-refractivity contribution in [1.29, 1.82) is 0 Å². The van der Waals surface area contributed by atoms with Crippen molar-refractivity contribution >= 4 is 0 Å². The minimum Gasteiger partial charge on any atom is -0.379 e. The van der Waals surface area contributed by atoms with Crippen molar-refractivity contribution in [3.05, 3.63) is 0 Å². The van der Waals surface area contributed by atoms with Gasteiger partial charge in [-0.2, -0.15) is 0 Å². The fourth-order valence-corrected chi connectivity index (χ4v) is 1.83. The Morgan fingerprint density at radius 3 is 2.43 bits per heavy atom. The monoisotopic (exact) mass is 200 g/mol. The summed E-state index contributed by atoms with van der Waals surface area (Å²) in [6, 6.07) is 1.22. The first-order chi connectivity index (χ1) is 6.72. The molecule has 84 valence electrons. The van der Waals surface area contributed by atoms with E-state index in [-0.39, 0.29) is 0 Å². The van der Waals surface area contributed by atoms with Crippen molar-refractivity contribution in [3.63, 3.8) is 0 Å². The molecule has 0 aromatic heterocycles. The molecule has 0 spiro atoms. The van der Waals surface area contributed by atoms with Gasteiger partial charge in [0.25, 0.3) is 0 Å². The van der Waals surface area contributed by atoms with Gasteiger partial charge in [0.2, 0.25) is 0 Å². The third kappa shape index (κ3) is 4.40. The summed E-state index contributed by atoms with van der Waals surface area (Å²) < 4.78 is 5.32. The Balaban J connectivity index is 2.14. The molecule has 14 heavy (non-hydrogen) atoms. The Labute approximate surface area is 87.8 Å². The maximum atomic E-state index is 5.32. The topological polar surface area (TPSA) is 24.5 Å². The lowest BCUT2D eigenvalue weighted by molar-refractivity contribution is 0.0339. The molecular formula is C11H24N2O. The maximum Gasteiger partial charge on any atom is 0.0594 e. The number of hydrogen-bond acceptors (Lipinski definition) is 3. The second kappa shape index (κ2) is 6.38. The summed E-state index contributed by atoms with van der Waals surface area (Å²) in [6.07, 6.45) is 1.20. The summed E-state index contributed by atoms with van der Waals surface area (Å²) in [7, 11) is 0. The van der Waals surface area contributed by atoms with Gasteiger partial charge in [-0.25, -0.2) is 0 Å². The Bertz CT molecular complexity index is 146. The SMILES string of the molecule is CCC(C)NC(C)CN1CCOCC1. The van der Waals surface area contributed by atoms with Crippen LogP contribution in [0.2, 0.25) is 0 Å². The zero-order valence-electron chi connectivity index (χ0n) is 9.75. The summed E-state index contributed by atoms with van der Waals surface area (Å²) >= 11 is 0. The third-order valence-corrected chi connectivity index (χ3v) is 2.82. The quantitative estimate of drug-likeness (QED) is 0.719. The number of hydrogen-bond donors (Lipinski definition) is 1. The van der Waals surface area contributed by atoms with E-state index < -0.39 is 0 Å². The first kappa shape index (κ1) is 12.0.